The first-order chi connectivity index (χ1) is 6.93. The molecule has 1 heterocycles. The van der Waals surface area contributed by atoms with Crippen LogP contribution in [0.1, 0.15) is 6.92 Å². The zero-order valence-electron chi connectivity index (χ0n) is 8.14. The maximum Gasteiger partial charge on any atom is 0.242 e. The zero-order chi connectivity index (χ0) is 11.5. The normalized spacial score (nSPS) is 13.4. The molecule has 0 aliphatic rings. The molecule has 15 heavy (non-hydrogen) atoms. The molecule has 0 spiro atoms. The van der Waals surface area contributed by atoms with Crippen molar-refractivity contribution in [2.45, 2.75) is 17.9 Å². The molecule has 6 nitrogen and oxygen atoms in total. The van der Waals surface area contributed by atoms with Crippen LogP contribution in [0.3, 0.4) is 0 Å². The molecule has 1 unspecified atom stereocenters. The molecule has 0 aliphatic heterocycles. The summed E-state index contributed by atoms with van der Waals surface area (Å²) in [6.07, 6.45) is 2.71. The van der Waals surface area contributed by atoms with E-state index in [2.05, 4.69) is 9.71 Å². The van der Waals surface area contributed by atoms with Gasteiger partial charge >= 0.3 is 0 Å². The fourth-order valence-electron chi connectivity index (χ4n) is 0.870. The Bertz CT molecular complexity index is 443. The fourth-order valence-corrected chi connectivity index (χ4v) is 2.06. The van der Waals surface area contributed by atoms with Crippen LogP contribution in [0, 0.1) is 5.41 Å². The van der Waals surface area contributed by atoms with Crippen molar-refractivity contribution in [1.29, 1.82) is 5.41 Å². The number of sulfonamides is 1. The highest BCUT2D eigenvalue weighted by Gasteiger charge is 2.18. The summed E-state index contributed by atoms with van der Waals surface area (Å²) < 4.78 is 25.5. The molecule has 7 heteroatoms. The largest absolute Gasteiger partial charge is 0.386 e. The number of rotatable bonds is 4. The Balaban J connectivity index is 2.91. The number of hydrogen-bond acceptors (Lipinski definition) is 4. The van der Waals surface area contributed by atoms with Gasteiger partial charge in [0, 0.05) is 12.4 Å². The van der Waals surface area contributed by atoms with E-state index >= 15 is 0 Å². The molecule has 0 saturated heterocycles. The number of nitrogens with one attached hydrogen (secondary N) is 2. The molecule has 1 aromatic heterocycles. The highest BCUT2D eigenvalue weighted by Crippen LogP contribution is 2.05. The molecule has 0 bridgehead atoms. The molecule has 0 fully saturated rings. The Labute approximate surface area is 88.1 Å². The van der Waals surface area contributed by atoms with Gasteiger partial charge in [-0.3, -0.25) is 10.4 Å². The number of amidine groups is 1. The summed E-state index contributed by atoms with van der Waals surface area (Å²) in [5, 5.41) is 7.08. The first-order valence-corrected chi connectivity index (χ1v) is 5.68. The number of hydrogen-bond donors (Lipinski definition) is 3. The first kappa shape index (κ1) is 11.6. The number of pyridine rings is 1. The van der Waals surface area contributed by atoms with Crippen LogP contribution in [0.2, 0.25) is 0 Å². The van der Waals surface area contributed by atoms with E-state index in [1.807, 2.05) is 0 Å². The van der Waals surface area contributed by atoms with Crippen LogP contribution in [0.5, 0.6) is 0 Å². The molecule has 0 radical (unpaired) electrons. The van der Waals surface area contributed by atoms with E-state index in [-0.39, 0.29) is 10.7 Å². The molecule has 0 saturated carbocycles. The summed E-state index contributed by atoms with van der Waals surface area (Å²) in [4.78, 5) is 3.75. The smallest absolute Gasteiger partial charge is 0.242 e. The maximum atomic E-state index is 11.6. The van der Waals surface area contributed by atoms with E-state index in [0.29, 0.717) is 0 Å². The van der Waals surface area contributed by atoms with Gasteiger partial charge in [-0.2, -0.15) is 0 Å². The van der Waals surface area contributed by atoms with Gasteiger partial charge in [-0.05, 0) is 19.1 Å². The molecule has 0 aromatic carbocycles. The second-order valence-electron chi connectivity index (χ2n) is 2.99. The minimum absolute atomic E-state index is 0.0538. The number of aromatic nitrogens is 1. The van der Waals surface area contributed by atoms with Crippen molar-refractivity contribution in [3.8, 4) is 0 Å². The van der Waals surface area contributed by atoms with Crippen LogP contribution in [0.4, 0.5) is 0 Å². The van der Waals surface area contributed by atoms with Crippen LogP contribution >= 0.6 is 0 Å². The lowest BCUT2D eigenvalue weighted by molar-refractivity contribution is 0.577. The third-order valence-corrected chi connectivity index (χ3v) is 3.27. The summed E-state index contributed by atoms with van der Waals surface area (Å²) in [6.45, 7) is 1.50. The topological polar surface area (TPSA) is 109 Å². The average Bonchev–Trinajstić information content (AvgIpc) is 2.18. The molecular weight excluding hydrogens is 216 g/mol. The van der Waals surface area contributed by atoms with Gasteiger partial charge in [-0.25, -0.2) is 13.1 Å². The standard InChI is InChI=1S/C8H12N4O2S/c1-6(8(9)10)12-15(13,14)7-3-2-4-11-5-7/h2-6,12H,1H3,(H3,9,10). The second kappa shape index (κ2) is 4.37. The van der Waals surface area contributed by atoms with Crippen molar-refractivity contribution in [3.63, 3.8) is 0 Å². The van der Waals surface area contributed by atoms with E-state index in [1.54, 1.807) is 0 Å². The molecule has 0 amide bonds. The van der Waals surface area contributed by atoms with Crippen molar-refractivity contribution < 1.29 is 8.42 Å². The summed E-state index contributed by atoms with van der Waals surface area (Å²) >= 11 is 0. The Morgan fingerprint density at radius 2 is 2.33 bits per heavy atom. The Hall–Kier alpha value is -1.47. The minimum Gasteiger partial charge on any atom is -0.386 e. The van der Waals surface area contributed by atoms with Gasteiger partial charge in [0.25, 0.3) is 0 Å². The first-order valence-electron chi connectivity index (χ1n) is 4.20. The van der Waals surface area contributed by atoms with Crippen LogP contribution in [0.15, 0.2) is 29.4 Å². The Morgan fingerprint density at radius 3 is 2.80 bits per heavy atom. The summed E-state index contributed by atoms with van der Waals surface area (Å²) in [7, 11) is -3.64. The second-order valence-corrected chi connectivity index (χ2v) is 4.70. The summed E-state index contributed by atoms with van der Waals surface area (Å²) in [6, 6.07) is 2.21. The van der Waals surface area contributed by atoms with E-state index in [4.69, 9.17) is 11.1 Å². The Morgan fingerprint density at radius 1 is 1.67 bits per heavy atom. The lowest BCUT2D eigenvalue weighted by atomic mass is 10.3. The predicted molar refractivity (Wildman–Crippen MR) is 55.9 cm³/mol. The van der Waals surface area contributed by atoms with Gasteiger partial charge < -0.3 is 5.73 Å². The number of nitrogens with two attached hydrogens (primary N) is 1. The quantitative estimate of drug-likeness (QED) is 0.485. The maximum absolute atomic E-state index is 11.6. The van der Waals surface area contributed by atoms with Gasteiger partial charge in [0.15, 0.2) is 0 Å². The Kier molecular flexibility index (Phi) is 3.38. The minimum atomic E-state index is -3.64. The SMILES string of the molecule is CC(NS(=O)(=O)c1cccnc1)C(=N)N. The van der Waals surface area contributed by atoms with Crippen molar-refractivity contribution in [3.05, 3.63) is 24.5 Å². The molecular formula is C8H12N4O2S. The van der Waals surface area contributed by atoms with E-state index in [0.717, 1.165) is 0 Å². The average molecular weight is 228 g/mol. The van der Waals surface area contributed by atoms with Gasteiger partial charge in [-0.1, -0.05) is 0 Å². The van der Waals surface area contributed by atoms with Gasteiger partial charge in [0.2, 0.25) is 10.0 Å². The summed E-state index contributed by atoms with van der Waals surface area (Å²) in [5.41, 5.74) is 5.16. The fraction of sp³-hybridized carbons (Fsp3) is 0.250. The van der Waals surface area contributed by atoms with Crippen LogP contribution in [-0.2, 0) is 10.0 Å². The highest BCUT2D eigenvalue weighted by atomic mass is 32.2. The number of nitrogens with zero attached hydrogens (tertiary/aromatic N) is 1. The molecule has 0 aliphatic carbocycles. The van der Waals surface area contributed by atoms with Gasteiger partial charge in [0.1, 0.15) is 10.7 Å². The molecule has 1 aromatic rings. The van der Waals surface area contributed by atoms with E-state index in [9.17, 15) is 8.42 Å². The molecule has 82 valence electrons. The van der Waals surface area contributed by atoms with Crippen molar-refractivity contribution in [2.75, 3.05) is 0 Å². The van der Waals surface area contributed by atoms with E-state index < -0.39 is 16.1 Å². The molecule has 1 atom stereocenters. The van der Waals surface area contributed by atoms with Crippen molar-refractivity contribution in [1.82, 2.24) is 9.71 Å². The third kappa shape index (κ3) is 3.00. The summed E-state index contributed by atoms with van der Waals surface area (Å²) in [5.74, 6) is -0.234. The van der Waals surface area contributed by atoms with Crippen LogP contribution in [-0.4, -0.2) is 25.3 Å². The zero-order valence-corrected chi connectivity index (χ0v) is 8.95. The lowest BCUT2D eigenvalue weighted by Crippen LogP contribution is -2.41. The van der Waals surface area contributed by atoms with Crippen molar-refractivity contribution in [2.24, 2.45) is 5.73 Å². The predicted octanol–water partition coefficient (Wildman–Crippen LogP) is -0.316. The molecule has 4 N–H and O–H groups in total. The van der Waals surface area contributed by atoms with Crippen LogP contribution in [0.25, 0.3) is 0 Å². The van der Waals surface area contributed by atoms with Gasteiger partial charge in [0.05, 0.1) is 6.04 Å². The molecule has 1 rings (SSSR count). The van der Waals surface area contributed by atoms with Gasteiger partial charge in [-0.15, -0.1) is 0 Å². The lowest BCUT2D eigenvalue weighted by Gasteiger charge is -2.11. The monoisotopic (exact) mass is 228 g/mol. The van der Waals surface area contributed by atoms with E-state index in [1.165, 1.54) is 31.5 Å². The third-order valence-electron chi connectivity index (χ3n) is 1.74. The van der Waals surface area contributed by atoms with Crippen molar-refractivity contribution >= 4 is 15.9 Å². The highest BCUT2D eigenvalue weighted by molar-refractivity contribution is 7.89. The van der Waals surface area contributed by atoms with Crippen LogP contribution < -0.4 is 10.5 Å².